The zero-order valence-electron chi connectivity index (χ0n) is 29.3. The summed E-state index contributed by atoms with van der Waals surface area (Å²) in [5, 5.41) is 2.51. The molecule has 0 radical (unpaired) electrons. The van der Waals surface area contributed by atoms with Crippen molar-refractivity contribution in [3.05, 3.63) is 224 Å². The molecule has 0 aromatic heterocycles. The minimum absolute atomic E-state index is 1.10. The van der Waals surface area contributed by atoms with E-state index in [1.165, 1.54) is 66.4 Å². The van der Waals surface area contributed by atoms with Crippen molar-refractivity contribution in [1.82, 2.24) is 0 Å². The molecule has 0 bridgehead atoms. The number of hydrogen-bond donors (Lipinski definition) is 0. The molecule has 9 rings (SSSR count). The van der Waals surface area contributed by atoms with Crippen LogP contribution in [0, 0.1) is 0 Å². The summed E-state index contributed by atoms with van der Waals surface area (Å²) in [5.41, 5.74) is 15.3. The van der Waals surface area contributed by atoms with Gasteiger partial charge >= 0.3 is 0 Å². The Labute approximate surface area is 311 Å². The van der Waals surface area contributed by atoms with Crippen molar-refractivity contribution in [2.45, 2.75) is 0 Å². The second-order valence-corrected chi connectivity index (χ2v) is 13.4. The van der Waals surface area contributed by atoms with Crippen LogP contribution in [0.25, 0.3) is 66.4 Å². The van der Waals surface area contributed by atoms with Gasteiger partial charge in [-0.15, -0.1) is 0 Å². The summed E-state index contributed by atoms with van der Waals surface area (Å²) in [6, 6.07) is 80.8. The van der Waals surface area contributed by atoms with Gasteiger partial charge in [-0.2, -0.15) is 0 Å². The van der Waals surface area contributed by atoms with E-state index in [-0.39, 0.29) is 0 Å². The van der Waals surface area contributed by atoms with Crippen LogP contribution in [0.5, 0.6) is 0 Å². The minimum Gasteiger partial charge on any atom is -0.310 e. The van der Waals surface area contributed by atoms with Gasteiger partial charge in [-0.25, -0.2) is 0 Å². The number of anilines is 3. The Bertz CT molecular complexity index is 2650. The van der Waals surface area contributed by atoms with E-state index in [4.69, 9.17) is 0 Å². The molecule has 0 unspecified atom stereocenters. The Hall–Kier alpha value is -6.96. The highest BCUT2D eigenvalue weighted by atomic mass is 15.1. The molecule has 0 heterocycles. The zero-order valence-corrected chi connectivity index (χ0v) is 29.3. The molecular weight excluding hydrogens is 639 g/mol. The Balaban J connectivity index is 1.16. The van der Waals surface area contributed by atoms with Gasteiger partial charge in [0.1, 0.15) is 0 Å². The van der Waals surface area contributed by atoms with Gasteiger partial charge in [0.2, 0.25) is 0 Å². The largest absolute Gasteiger partial charge is 0.310 e. The first-order valence-corrected chi connectivity index (χ1v) is 18.2. The average Bonchev–Trinajstić information content (AvgIpc) is 3.25. The summed E-state index contributed by atoms with van der Waals surface area (Å²) in [7, 11) is 0. The van der Waals surface area contributed by atoms with Gasteiger partial charge in [0.25, 0.3) is 0 Å². The van der Waals surface area contributed by atoms with E-state index in [1.807, 2.05) is 0 Å². The molecule has 0 spiro atoms. The van der Waals surface area contributed by atoms with Crippen molar-refractivity contribution < 1.29 is 0 Å². The van der Waals surface area contributed by atoms with Crippen molar-refractivity contribution in [2.24, 2.45) is 0 Å². The van der Waals surface area contributed by atoms with Gasteiger partial charge in [0.05, 0.1) is 5.69 Å². The third-order valence-electron chi connectivity index (χ3n) is 10.1. The van der Waals surface area contributed by atoms with Crippen LogP contribution in [0.1, 0.15) is 0 Å². The number of hydrogen-bond acceptors (Lipinski definition) is 1. The first kappa shape index (κ1) is 32.0. The van der Waals surface area contributed by atoms with Crippen molar-refractivity contribution in [2.75, 3.05) is 4.90 Å². The second kappa shape index (κ2) is 14.3. The average molecular weight is 676 g/mol. The summed E-state index contributed by atoms with van der Waals surface area (Å²) >= 11 is 0. The molecule has 53 heavy (non-hydrogen) atoms. The fourth-order valence-corrected chi connectivity index (χ4v) is 7.44. The van der Waals surface area contributed by atoms with Crippen LogP contribution < -0.4 is 4.90 Å². The van der Waals surface area contributed by atoms with E-state index >= 15 is 0 Å². The fraction of sp³-hybridized carbons (Fsp3) is 0. The molecule has 9 aromatic rings. The van der Waals surface area contributed by atoms with Crippen molar-refractivity contribution in [3.63, 3.8) is 0 Å². The van der Waals surface area contributed by atoms with Crippen LogP contribution in [0.4, 0.5) is 17.1 Å². The van der Waals surface area contributed by atoms with E-state index < -0.39 is 0 Å². The van der Waals surface area contributed by atoms with Crippen molar-refractivity contribution in [1.29, 1.82) is 0 Å². The smallest absolute Gasteiger partial charge is 0.0540 e. The Kier molecular flexibility index (Phi) is 8.66. The van der Waals surface area contributed by atoms with Gasteiger partial charge in [-0.1, -0.05) is 188 Å². The Morgan fingerprint density at radius 2 is 0.679 bits per heavy atom. The third-order valence-corrected chi connectivity index (χ3v) is 10.1. The zero-order chi connectivity index (χ0) is 35.4. The molecule has 0 atom stereocenters. The molecule has 250 valence electrons. The first-order chi connectivity index (χ1) is 26.3. The molecule has 0 aliphatic heterocycles. The number of nitrogens with zero attached hydrogens (tertiary/aromatic N) is 1. The number of para-hydroxylation sites is 1. The lowest BCUT2D eigenvalue weighted by Crippen LogP contribution is -2.11. The molecule has 0 N–H and O–H groups in total. The number of rotatable bonds is 8. The SMILES string of the molecule is c1ccc(-c2ccc(-c3cccc(N(c4cccc(-c5cccc(-c6cccc7ccccc67)c5)c4)c4ccccc4-c4ccccc4)c3)cc2)cc1. The number of benzene rings is 9. The van der Waals surface area contributed by atoms with E-state index in [0.29, 0.717) is 0 Å². The quantitative estimate of drug-likeness (QED) is 0.155. The Morgan fingerprint density at radius 1 is 0.245 bits per heavy atom. The minimum atomic E-state index is 1.10. The van der Waals surface area contributed by atoms with Crippen molar-refractivity contribution >= 4 is 27.8 Å². The molecule has 0 saturated heterocycles. The molecule has 0 saturated carbocycles. The van der Waals surface area contributed by atoms with Crippen LogP contribution in [-0.2, 0) is 0 Å². The fourth-order valence-electron chi connectivity index (χ4n) is 7.44. The van der Waals surface area contributed by atoms with Crippen LogP contribution >= 0.6 is 0 Å². The molecule has 1 nitrogen and oxygen atoms in total. The highest BCUT2D eigenvalue weighted by molar-refractivity contribution is 5.97. The summed E-state index contributed by atoms with van der Waals surface area (Å²) < 4.78 is 0. The van der Waals surface area contributed by atoms with Gasteiger partial charge < -0.3 is 4.90 Å². The lowest BCUT2D eigenvalue weighted by Gasteiger charge is -2.29. The molecule has 0 fully saturated rings. The van der Waals surface area contributed by atoms with Gasteiger partial charge in [-0.3, -0.25) is 0 Å². The van der Waals surface area contributed by atoms with Crippen molar-refractivity contribution in [3.8, 4) is 55.6 Å². The lowest BCUT2D eigenvalue weighted by atomic mass is 9.95. The summed E-state index contributed by atoms with van der Waals surface area (Å²) in [6.45, 7) is 0. The van der Waals surface area contributed by atoms with E-state index in [0.717, 1.165) is 17.1 Å². The molecule has 0 aliphatic carbocycles. The first-order valence-electron chi connectivity index (χ1n) is 18.2. The predicted octanol–water partition coefficient (Wildman–Crippen LogP) is 14.6. The van der Waals surface area contributed by atoms with Gasteiger partial charge in [-0.05, 0) is 97.2 Å². The highest BCUT2D eigenvalue weighted by Crippen LogP contribution is 2.43. The monoisotopic (exact) mass is 675 g/mol. The maximum absolute atomic E-state index is 2.40. The topological polar surface area (TPSA) is 3.24 Å². The van der Waals surface area contributed by atoms with Crippen LogP contribution in [0.3, 0.4) is 0 Å². The summed E-state index contributed by atoms with van der Waals surface area (Å²) in [5.74, 6) is 0. The normalized spacial score (nSPS) is 11.0. The second-order valence-electron chi connectivity index (χ2n) is 13.4. The Morgan fingerprint density at radius 3 is 1.40 bits per heavy atom. The summed E-state index contributed by atoms with van der Waals surface area (Å²) in [4.78, 5) is 2.40. The highest BCUT2D eigenvalue weighted by Gasteiger charge is 2.18. The molecule has 1 heteroatoms. The van der Waals surface area contributed by atoms with Gasteiger partial charge in [0, 0.05) is 16.9 Å². The third kappa shape index (κ3) is 6.53. The standard InChI is InChI=1S/C52H37N/c1-3-15-38(16-4-1)39-31-33-40(34-32-39)44-22-12-25-47(36-44)53(52-30-10-9-28-51(52)42-17-5-2-6-18-42)48-26-13-23-45(37-48)43-21-11-24-46(35-43)50-29-14-20-41-19-7-8-27-49(41)50/h1-37H. The predicted molar refractivity (Wildman–Crippen MR) is 226 cm³/mol. The lowest BCUT2D eigenvalue weighted by molar-refractivity contribution is 1.28. The molecule has 0 aliphatic rings. The van der Waals surface area contributed by atoms with Crippen LogP contribution in [0.2, 0.25) is 0 Å². The van der Waals surface area contributed by atoms with Crippen LogP contribution in [-0.4, -0.2) is 0 Å². The molecule has 0 amide bonds. The molecule has 9 aromatic carbocycles. The van der Waals surface area contributed by atoms with E-state index in [9.17, 15) is 0 Å². The maximum Gasteiger partial charge on any atom is 0.0540 e. The van der Waals surface area contributed by atoms with E-state index in [1.54, 1.807) is 0 Å². The number of fused-ring (bicyclic) bond motifs is 1. The van der Waals surface area contributed by atoms with E-state index in [2.05, 4.69) is 229 Å². The van der Waals surface area contributed by atoms with Crippen LogP contribution in [0.15, 0.2) is 224 Å². The van der Waals surface area contributed by atoms with Gasteiger partial charge in [0.15, 0.2) is 0 Å². The molecular formula is C52H37N. The summed E-state index contributed by atoms with van der Waals surface area (Å²) in [6.07, 6.45) is 0. The maximum atomic E-state index is 2.40.